The predicted octanol–water partition coefficient (Wildman–Crippen LogP) is -1.28. The van der Waals surface area contributed by atoms with E-state index in [9.17, 15) is 13.2 Å². The van der Waals surface area contributed by atoms with Gasteiger partial charge in [0, 0.05) is 26.7 Å². The molecule has 3 N–H and O–H groups in total. The van der Waals surface area contributed by atoms with E-state index in [0.29, 0.717) is 26.1 Å². The van der Waals surface area contributed by atoms with Crippen LogP contribution in [0.3, 0.4) is 0 Å². The molecule has 0 radical (unpaired) electrons. The normalized spacial score (nSPS) is 21.1. The summed E-state index contributed by atoms with van der Waals surface area (Å²) in [4.78, 5) is 11.8. The quantitative estimate of drug-likeness (QED) is 0.655. The lowest BCUT2D eigenvalue weighted by molar-refractivity contribution is -0.131. The van der Waals surface area contributed by atoms with Crippen LogP contribution in [0, 0.1) is 0 Å². The molecule has 1 aliphatic rings. The van der Waals surface area contributed by atoms with Crippen LogP contribution in [0.15, 0.2) is 0 Å². The molecule has 0 aliphatic carbocycles. The average Bonchev–Trinajstić information content (AvgIpc) is 2.29. The second-order valence-corrected chi connectivity index (χ2v) is 6.82. The van der Waals surface area contributed by atoms with Crippen molar-refractivity contribution in [2.75, 3.05) is 33.2 Å². The summed E-state index contributed by atoms with van der Waals surface area (Å²) >= 11 is 0. The van der Waals surface area contributed by atoms with Gasteiger partial charge in [0.15, 0.2) is 0 Å². The van der Waals surface area contributed by atoms with E-state index in [1.807, 2.05) is 0 Å². The van der Waals surface area contributed by atoms with Gasteiger partial charge >= 0.3 is 0 Å². The molecule has 0 bridgehead atoms. The number of rotatable bonds is 5. The minimum Gasteiger partial charge on any atom is -0.353 e. The predicted molar refractivity (Wildman–Crippen MR) is 69.0 cm³/mol. The lowest BCUT2D eigenvalue weighted by Crippen LogP contribution is -2.65. The van der Waals surface area contributed by atoms with Crippen LogP contribution < -0.4 is 11.1 Å². The van der Waals surface area contributed by atoms with Crippen LogP contribution in [0.2, 0.25) is 0 Å². The molecule has 1 fully saturated rings. The van der Waals surface area contributed by atoms with E-state index in [0.717, 1.165) is 0 Å². The summed E-state index contributed by atoms with van der Waals surface area (Å²) in [6.07, 6.45) is 0.593. The van der Waals surface area contributed by atoms with Gasteiger partial charge in [-0.05, 0) is 26.8 Å². The third-order valence-electron chi connectivity index (χ3n) is 3.13. The smallest absolute Gasteiger partial charge is 0.282 e. The topological polar surface area (TPSA) is 95.7 Å². The van der Waals surface area contributed by atoms with Crippen molar-refractivity contribution in [3.63, 3.8) is 0 Å². The van der Waals surface area contributed by atoms with Crippen molar-refractivity contribution in [3.05, 3.63) is 0 Å². The maximum atomic E-state index is 12.4. The summed E-state index contributed by atoms with van der Waals surface area (Å²) in [5.74, 6) is -0.274. The van der Waals surface area contributed by atoms with Crippen LogP contribution in [0.1, 0.15) is 20.3 Å². The van der Waals surface area contributed by atoms with E-state index in [4.69, 9.17) is 5.73 Å². The fourth-order valence-corrected chi connectivity index (χ4v) is 3.56. The molecule has 0 aromatic heterocycles. The monoisotopic (exact) mass is 278 g/mol. The lowest BCUT2D eigenvalue weighted by Gasteiger charge is -2.41. The summed E-state index contributed by atoms with van der Waals surface area (Å²) in [6, 6.07) is 0. The highest BCUT2D eigenvalue weighted by molar-refractivity contribution is 7.86. The zero-order valence-corrected chi connectivity index (χ0v) is 12.0. The number of amides is 1. The zero-order valence-electron chi connectivity index (χ0n) is 11.1. The first kappa shape index (κ1) is 15.4. The van der Waals surface area contributed by atoms with Crippen molar-refractivity contribution in [3.8, 4) is 0 Å². The minimum absolute atomic E-state index is 0.274. The summed E-state index contributed by atoms with van der Waals surface area (Å²) in [5, 5.41) is 2.67. The number of nitrogens with one attached hydrogen (secondary N) is 1. The largest absolute Gasteiger partial charge is 0.353 e. The Labute approximate surface area is 108 Å². The number of piperazine rings is 1. The van der Waals surface area contributed by atoms with E-state index in [1.165, 1.54) is 15.7 Å². The number of carbonyl (C=O) groups excluding carboxylic acids is 1. The van der Waals surface area contributed by atoms with Gasteiger partial charge in [0.2, 0.25) is 5.91 Å². The standard InChI is InChI=1S/C10H22N4O3S/c1-10(2)9(15)12-6-8-14(10)18(16,17)13(3)7-4-5-11/h4-8,11H2,1-3H3,(H,12,15). The number of hydrogen-bond acceptors (Lipinski definition) is 4. The van der Waals surface area contributed by atoms with Gasteiger partial charge in [-0.25, -0.2) is 0 Å². The maximum Gasteiger partial charge on any atom is 0.282 e. The van der Waals surface area contributed by atoms with Gasteiger partial charge in [0.25, 0.3) is 10.2 Å². The lowest BCUT2D eigenvalue weighted by atomic mass is 10.0. The number of carbonyl (C=O) groups is 1. The molecule has 1 saturated heterocycles. The van der Waals surface area contributed by atoms with Crippen molar-refractivity contribution in [2.24, 2.45) is 5.73 Å². The number of hydrogen-bond donors (Lipinski definition) is 2. The average molecular weight is 278 g/mol. The van der Waals surface area contributed by atoms with E-state index in [2.05, 4.69) is 5.32 Å². The number of nitrogens with zero attached hydrogens (tertiary/aromatic N) is 2. The molecule has 0 unspecified atom stereocenters. The minimum atomic E-state index is -3.62. The first-order valence-corrected chi connectivity index (χ1v) is 7.36. The molecular weight excluding hydrogens is 256 g/mol. The van der Waals surface area contributed by atoms with Crippen molar-refractivity contribution in [2.45, 2.75) is 25.8 Å². The Morgan fingerprint density at radius 1 is 1.50 bits per heavy atom. The van der Waals surface area contributed by atoms with E-state index in [1.54, 1.807) is 13.8 Å². The molecule has 1 amide bonds. The SMILES string of the molecule is CN(CCCN)S(=O)(=O)N1CCNC(=O)C1(C)C. The molecule has 106 valence electrons. The van der Waals surface area contributed by atoms with Crippen LogP contribution in [0.25, 0.3) is 0 Å². The van der Waals surface area contributed by atoms with Gasteiger partial charge in [-0.15, -0.1) is 0 Å². The fourth-order valence-electron chi connectivity index (χ4n) is 1.88. The van der Waals surface area contributed by atoms with Gasteiger partial charge in [-0.2, -0.15) is 17.0 Å². The Hall–Kier alpha value is -0.700. The molecule has 0 aromatic rings. The van der Waals surface area contributed by atoms with Crippen LogP contribution in [-0.2, 0) is 15.0 Å². The third-order valence-corrected chi connectivity index (χ3v) is 5.30. The molecule has 0 saturated carbocycles. The van der Waals surface area contributed by atoms with Gasteiger partial charge in [0.1, 0.15) is 5.54 Å². The molecule has 1 aliphatic heterocycles. The van der Waals surface area contributed by atoms with E-state index >= 15 is 0 Å². The van der Waals surface area contributed by atoms with Gasteiger partial charge in [0.05, 0.1) is 0 Å². The van der Waals surface area contributed by atoms with E-state index < -0.39 is 15.7 Å². The highest BCUT2D eigenvalue weighted by atomic mass is 32.2. The molecule has 8 heteroatoms. The Bertz CT molecular complexity index is 407. The Morgan fingerprint density at radius 3 is 2.67 bits per heavy atom. The Kier molecular flexibility index (Phi) is 4.71. The first-order chi connectivity index (χ1) is 8.24. The number of nitrogens with two attached hydrogens (primary N) is 1. The van der Waals surface area contributed by atoms with Gasteiger partial charge in [-0.1, -0.05) is 0 Å². The van der Waals surface area contributed by atoms with Crippen LogP contribution in [0.4, 0.5) is 0 Å². The highest BCUT2D eigenvalue weighted by Gasteiger charge is 2.45. The fraction of sp³-hybridized carbons (Fsp3) is 0.900. The third kappa shape index (κ3) is 2.82. The first-order valence-electron chi connectivity index (χ1n) is 5.97. The molecule has 1 heterocycles. The van der Waals surface area contributed by atoms with Crippen molar-refractivity contribution in [1.82, 2.24) is 13.9 Å². The zero-order chi connectivity index (χ0) is 14.0. The van der Waals surface area contributed by atoms with Crippen LogP contribution in [-0.4, -0.2) is 61.7 Å². The molecule has 0 aromatic carbocycles. The maximum absolute atomic E-state index is 12.4. The van der Waals surface area contributed by atoms with Crippen LogP contribution in [0.5, 0.6) is 0 Å². The molecule has 18 heavy (non-hydrogen) atoms. The van der Waals surface area contributed by atoms with Crippen molar-refractivity contribution < 1.29 is 13.2 Å². The summed E-state index contributed by atoms with van der Waals surface area (Å²) in [5.41, 5.74) is 4.31. The molecule has 1 rings (SSSR count). The van der Waals surface area contributed by atoms with E-state index in [-0.39, 0.29) is 12.5 Å². The molecule has 0 atom stereocenters. The second kappa shape index (κ2) is 5.52. The van der Waals surface area contributed by atoms with Crippen LogP contribution >= 0.6 is 0 Å². The van der Waals surface area contributed by atoms with Crippen molar-refractivity contribution >= 4 is 16.1 Å². The summed E-state index contributed by atoms with van der Waals surface area (Å²) in [7, 11) is -2.12. The summed E-state index contributed by atoms with van der Waals surface area (Å²) < 4.78 is 27.3. The molecule has 7 nitrogen and oxygen atoms in total. The Morgan fingerprint density at radius 2 is 2.11 bits per heavy atom. The second-order valence-electron chi connectivity index (χ2n) is 4.86. The van der Waals surface area contributed by atoms with Crippen molar-refractivity contribution in [1.29, 1.82) is 0 Å². The summed E-state index contributed by atoms with van der Waals surface area (Å²) in [6.45, 7) is 4.63. The molecular formula is C10H22N4O3S. The van der Waals surface area contributed by atoms with Gasteiger partial charge < -0.3 is 11.1 Å². The van der Waals surface area contributed by atoms with Gasteiger partial charge in [-0.3, -0.25) is 4.79 Å². The Balaban J connectivity index is 2.93. The molecule has 0 spiro atoms. The highest BCUT2D eigenvalue weighted by Crippen LogP contribution is 2.23.